The fourth-order valence-electron chi connectivity index (χ4n) is 2.24. The minimum atomic E-state index is -3.48. The van der Waals surface area contributed by atoms with Crippen molar-refractivity contribution in [2.75, 3.05) is 6.54 Å². The maximum atomic E-state index is 12.6. The van der Waals surface area contributed by atoms with Crippen molar-refractivity contribution in [1.82, 2.24) is 4.31 Å². The lowest BCUT2D eigenvalue weighted by atomic mass is 10.1. The minimum Gasteiger partial charge on any atom is -0.207 e. The van der Waals surface area contributed by atoms with Crippen LogP contribution in [0.2, 0.25) is 5.02 Å². The van der Waals surface area contributed by atoms with Crippen LogP contribution in [0.5, 0.6) is 0 Å². The molecule has 1 aliphatic heterocycles. The average Bonchev–Trinajstić information content (AvgIpc) is 2.28. The summed E-state index contributed by atoms with van der Waals surface area (Å²) in [7, 11) is -3.48. The lowest BCUT2D eigenvalue weighted by molar-refractivity contribution is 0.268. The van der Waals surface area contributed by atoms with Gasteiger partial charge in [-0.25, -0.2) is 8.42 Å². The molecule has 0 bridgehead atoms. The summed E-state index contributed by atoms with van der Waals surface area (Å²) in [5.41, 5.74) is 0. The van der Waals surface area contributed by atoms with Crippen LogP contribution in [0.15, 0.2) is 27.6 Å². The summed E-state index contributed by atoms with van der Waals surface area (Å²) in [5.74, 6) is 0. The zero-order valence-corrected chi connectivity index (χ0v) is 13.2. The van der Waals surface area contributed by atoms with E-state index in [2.05, 4.69) is 15.9 Å². The van der Waals surface area contributed by atoms with Crippen LogP contribution in [0.25, 0.3) is 0 Å². The van der Waals surface area contributed by atoms with Gasteiger partial charge in [-0.1, -0.05) is 34.0 Å². The van der Waals surface area contributed by atoms with Crippen LogP contribution >= 0.6 is 27.5 Å². The zero-order chi connectivity index (χ0) is 13.3. The highest BCUT2D eigenvalue weighted by Gasteiger charge is 2.32. The van der Waals surface area contributed by atoms with Crippen LogP contribution < -0.4 is 0 Å². The fourth-order valence-corrected chi connectivity index (χ4v) is 4.95. The second-order valence-corrected chi connectivity index (χ2v) is 7.72. The first-order chi connectivity index (χ1) is 8.43. The molecule has 0 unspecified atom stereocenters. The van der Waals surface area contributed by atoms with E-state index in [-0.39, 0.29) is 16.0 Å². The Morgan fingerprint density at radius 2 is 2.11 bits per heavy atom. The fraction of sp³-hybridized carbons (Fsp3) is 0.500. The molecule has 1 fully saturated rings. The van der Waals surface area contributed by atoms with Gasteiger partial charge in [-0.3, -0.25) is 0 Å². The van der Waals surface area contributed by atoms with Gasteiger partial charge < -0.3 is 0 Å². The first-order valence-corrected chi connectivity index (χ1v) is 8.51. The quantitative estimate of drug-likeness (QED) is 0.814. The molecular formula is C12H15BrClNO2S. The first-order valence-electron chi connectivity index (χ1n) is 5.90. The molecule has 100 valence electrons. The molecule has 1 aromatic rings. The van der Waals surface area contributed by atoms with Crippen LogP contribution in [0.4, 0.5) is 0 Å². The monoisotopic (exact) mass is 351 g/mol. The van der Waals surface area contributed by atoms with Crippen molar-refractivity contribution in [1.29, 1.82) is 0 Å². The summed E-state index contributed by atoms with van der Waals surface area (Å²) < 4.78 is 27.4. The smallest absolute Gasteiger partial charge is 0.207 e. The predicted molar refractivity (Wildman–Crippen MR) is 76.4 cm³/mol. The van der Waals surface area contributed by atoms with Crippen molar-refractivity contribution in [3.8, 4) is 0 Å². The Morgan fingerprint density at radius 1 is 1.39 bits per heavy atom. The van der Waals surface area contributed by atoms with E-state index < -0.39 is 10.0 Å². The van der Waals surface area contributed by atoms with Crippen molar-refractivity contribution in [2.45, 2.75) is 37.1 Å². The molecule has 6 heteroatoms. The lowest BCUT2D eigenvalue weighted by Gasteiger charge is -2.32. The van der Waals surface area contributed by atoms with Crippen LogP contribution in [0.3, 0.4) is 0 Å². The summed E-state index contributed by atoms with van der Waals surface area (Å²) in [4.78, 5) is 0.195. The van der Waals surface area contributed by atoms with Crippen molar-refractivity contribution in [2.24, 2.45) is 0 Å². The maximum Gasteiger partial charge on any atom is 0.244 e. The van der Waals surface area contributed by atoms with Gasteiger partial charge in [0.1, 0.15) is 4.90 Å². The average molecular weight is 353 g/mol. The van der Waals surface area contributed by atoms with E-state index in [9.17, 15) is 8.42 Å². The number of piperidine rings is 1. The topological polar surface area (TPSA) is 37.4 Å². The van der Waals surface area contributed by atoms with Gasteiger partial charge >= 0.3 is 0 Å². The lowest BCUT2D eigenvalue weighted by Crippen LogP contribution is -2.42. The summed E-state index contributed by atoms with van der Waals surface area (Å²) >= 11 is 9.32. The molecule has 1 saturated heterocycles. The van der Waals surface area contributed by atoms with Gasteiger partial charge in [-0.2, -0.15) is 4.31 Å². The predicted octanol–water partition coefficient (Wildman–Crippen LogP) is 3.67. The molecule has 1 atom stereocenters. The number of rotatable bonds is 2. The highest BCUT2D eigenvalue weighted by atomic mass is 79.9. The van der Waals surface area contributed by atoms with Gasteiger partial charge in [-0.15, -0.1) is 0 Å². The third kappa shape index (κ3) is 2.74. The molecule has 1 heterocycles. The first kappa shape index (κ1) is 14.3. The summed E-state index contributed by atoms with van der Waals surface area (Å²) in [5, 5.41) is 0.266. The molecule has 1 aliphatic rings. The Hall–Kier alpha value is -0.100. The molecule has 0 aromatic heterocycles. The SMILES string of the molecule is C[C@@H]1CCCCN1S(=O)(=O)c1ccc(Br)cc1Cl. The number of nitrogens with zero attached hydrogens (tertiary/aromatic N) is 1. The Kier molecular flexibility index (Phi) is 4.36. The second-order valence-electron chi connectivity index (χ2n) is 4.54. The number of hydrogen-bond acceptors (Lipinski definition) is 2. The van der Waals surface area contributed by atoms with Crippen molar-refractivity contribution < 1.29 is 8.42 Å². The van der Waals surface area contributed by atoms with E-state index in [0.717, 1.165) is 23.7 Å². The van der Waals surface area contributed by atoms with E-state index >= 15 is 0 Å². The number of halogens is 2. The molecule has 0 spiro atoms. The second kappa shape index (κ2) is 5.49. The van der Waals surface area contributed by atoms with Crippen LogP contribution in [0.1, 0.15) is 26.2 Å². The Balaban J connectivity index is 2.41. The maximum absolute atomic E-state index is 12.6. The molecule has 0 radical (unpaired) electrons. The summed E-state index contributed by atoms with van der Waals surface area (Å²) in [6.07, 6.45) is 2.91. The van der Waals surface area contributed by atoms with Crippen molar-refractivity contribution in [3.63, 3.8) is 0 Å². The molecule has 3 nitrogen and oxygen atoms in total. The Morgan fingerprint density at radius 3 is 2.72 bits per heavy atom. The highest BCUT2D eigenvalue weighted by Crippen LogP contribution is 2.31. The Labute approximate surface area is 121 Å². The van der Waals surface area contributed by atoms with E-state index in [4.69, 9.17) is 11.6 Å². The third-order valence-electron chi connectivity index (χ3n) is 3.22. The molecular weight excluding hydrogens is 338 g/mol. The van der Waals surface area contributed by atoms with Crippen molar-refractivity contribution in [3.05, 3.63) is 27.7 Å². The van der Waals surface area contributed by atoms with Gasteiger partial charge in [0.2, 0.25) is 10.0 Å². The molecule has 0 aliphatic carbocycles. The molecule has 1 aromatic carbocycles. The molecule has 18 heavy (non-hydrogen) atoms. The van der Waals surface area contributed by atoms with Gasteiger partial charge in [0.05, 0.1) is 5.02 Å². The molecule has 0 N–H and O–H groups in total. The van der Waals surface area contributed by atoms with Gasteiger partial charge in [0, 0.05) is 17.1 Å². The van der Waals surface area contributed by atoms with E-state index in [1.807, 2.05) is 6.92 Å². The third-order valence-corrected chi connectivity index (χ3v) is 6.21. The largest absolute Gasteiger partial charge is 0.244 e. The van der Waals surface area contributed by atoms with Gasteiger partial charge in [0.15, 0.2) is 0 Å². The number of benzene rings is 1. The van der Waals surface area contributed by atoms with E-state index in [0.29, 0.717) is 6.54 Å². The standard InChI is InChI=1S/C12H15BrClNO2S/c1-9-4-2-3-7-15(9)18(16,17)12-6-5-10(13)8-11(12)14/h5-6,8-9H,2-4,7H2,1H3/t9-/m1/s1. The van der Waals surface area contributed by atoms with Crippen LogP contribution in [0, 0.1) is 0 Å². The van der Waals surface area contributed by atoms with Crippen LogP contribution in [-0.2, 0) is 10.0 Å². The molecule has 0 amide bonds. The number of sulfonamides is 1. The molecule has 2 rings (SSSR count). The highest BCUT2D eigenvalue weighted by molar-refractivity contribution is 9.10. The van der Waals surface area contributed by atoms with Crippen LogP contribution in [-0.4, -0.2) is 25.3 Å². The summed E-state index contributed by atoms with van der Waals surface area (Å²) in [6.45, 7) is 2.53. The minimum absolute atomic E-state index is 0.0449. The molecule has 0 saturated carbocycles. The normalized spacial score (nSPS) is 22.1. The number of hydrogen-bond donors (Lipinski definition) is 0. The summed E-state index contributed by atoms with van der Waals surface area (Å²) in [6, 6.07) is 4.92. The van der Waals surface area contributed by atoms with E-state index in [1.54, 1.807) is 22.5 Å². The van der Waals surface area contributed by atoms with Gasteiger partial charge in [0.25, 0.3) is 0 Å². The zero-order valence-electron chi connectivity index (χ0n) is 10.1. The van der Waals surface area contributed by atoms with Crippen molar-refractivity contribution >= 4 is 37.6 Å². The van der Waals surface area contributed by atoms with E-state index in [1.165, 1.54) is 0 Å². The van der Waals surface area contributed by atoms with Gasteiger partial charge in [-0.05, 0) is 38.0 Å². The Bertz CT molecular complexity index is 547.